The minimum Gasteiger partial charge on any atom is -0.444 e. The van der Waals surface area contributed by atoms with Crippen molar-refractivity contribution in [3.8, 4) is 0 Å². The third-order valence-electron chi connectivity index (χ3n) is 3.93. The summed E-state index contributed by atoms with van der Waals surface area (Å²) in [6.45, 7) is 7.66. The molecule has 2 N–H and O–H groups in total. The molecule has 7 nitrogen and oxygen atoms in total. The third-order valence-corrected chi connectivity index (χ3v) is 6.62. The number of rotatable bonds is 7. The number of benzene rings is 1. The predicted molar refractivity (Wildman–Crippen MR) is 131 cm³/mol. The van der Waals surface area contributed by atoms with Crippen LogP contribution in [0.3, 0.4) is 0 Å². The van der Waals surface area contributed by atoms with Gasteiger partial charge in [-0.05, 0) is 55.3 Å². The topological polar surface area (TPSA) is 89.0 Å². The summed E-state index contributed by atoms with van der Waals surface area (Å²) in [7, 11) is 0. The van der Waals surface area contributed by atoms with Gasteiger partial charge >= 0.3 is 6.09 Å². The van der Waals surface area contributed by atoms with Crippen LogP contribution in [0.2, 0.25) is 5.02 Å². The largest absolute Gasteiger partial charge is 0.444 e. The molecule has 2 aromatic heterocycles. The normalized spacial score (nSPS) is 12.6. The summed E-state index contributed by atoms with van der Waals surface area (Å²) < 4.78 is 20.9. The van der Waals surface area contributed by atoms with E-state index in [1.54, 1.807) is 12.1 Å². The van der Waals surface area contributed by atoms with Gasteiger partial charge < -0.3 is 15.4 Å². The molecule has 172 valence electrons. The summed E-state index contributed by atoms with van der Waals surface area (Å²) >= 11 is 11.9. The summed E-state index contributed by atoms with van der Waals surface area (Å²) in [4.78, 5) is 25.4. The Morgan fingerprint density at radius 2 is 2.09 bits per heavy atom. The van der Waals surface area contributed by atoms with E-state index in [1.807, 2.05) is 27.7 Å². The maximum absolute atomic E-state index is 14.2. The van der Waals surface area contributed by atoms with Gasteiger partial charge in [0.05, 0.1) is 5.02 Å². The van der Waals surface area contributed by atoms with Gasteiger partial charge in [-0.3, -0.25) is 0 Å². The Bertz CT molecular complexity index is 1130. The van der Waals surface area contributed by atoms with Crippen LogP contribution in [0.5, 0.6) is 0 Å². The van der Waals surface area contributed by atoms with Crippen LogP contribution < -0.4 is 10.6 Å². The lowest BCUT2D eigenvalue weighted by Gasteiger charge is -2.21. The average Bonchev–Trinajstić information content (AvgIpc) is 3.07. The second-order valence-electron chi connectivity index (χ2n) is 7.90. The second kappa shape index (κ2) is 10.5. The second-order valence-corrected chi connectivity index (χ2v) is 11.5. The van der Waals surface area contributed by atoms with Crippen LogP contribution in [0.15, 0.2) is 27.3 Å². The molecule has 0 fully saturated rings. The van der Waals surface area contributed by atoms with Gasteiger partial charge in [-0.1, -0.05) is 35.5 Å². The molecule has 0 saturated carbocycles. The van der Waals surface area contributed by atoms with Crippen LogP contribution in [0.4, 0.5) is 15.0 Å². The zero-order valence-electron chi connectivity index (χ0n) is 17.8. The van der Waals surface area contributed by atoms with Crippen molar-refractivity contribution in [3.63, 3.8) is 0 Å². The Morgan fingerprint density at radius 1 is 1.34 bits per heavy atom. The van der Waals surface area contributed by atoms with Crippen molar-refractivity contribution >= 4 is 72.9 Å². The van der Waals surface area contributed by atoms with Gasteiger partial charge in [0.15, 0.2) is 20.5 Å². The summed E-state index contributed by atoms with van der Waals surface area (Å²) in [6, 6.07) is 4.74. The Labute approximate surface area is 207 Å². The number of ether oxygens (including phenoxy) is 1. The first-order valence-electron chi connectivity index (χ1n) is 9.65. The number of carbonyl (C=O) groups is 1. The van der Waals surface area contributed by atoms with Crippen molar-refractivity contribution < 1.29 is 13.9 Å². The zero-order chi connectivity index (χ0) is 23.5. The maximum Gasteiger partial charge on any atom is 0.407 e. The number of alkyl carbamates (subject to hydrolysis) is 1. The van der Waals surface area contributed by atoms with E-state index in [2.05, 4.69) is 41.5 Å². The average molecular weight is 563 g/mol. The third kappa shape index (κ3) is 6.90. The minimum atomic E-state index is -0.566. The molecule has 0 aliphatic heterocycles. The van der Waals surface area contributed by atoms with Crippen molar-refractivity contribution in [2.24, 2.45) is 0 Å². The van der Waals surface area contributed by atoms with Gasteiger partial charge in [0.2, 0.25) is 0 Å². The predicted octanol–water partition coefficient (Wildman–Crippen LogP) is 6.26. The number of nitrogens with one attached hydrogen (secondary N) is 2. The standard InChI is InChI=1S/C20H22BrClFN5O2S2/c1-10(8-24-19(29)30-20(2,3)4)25-15-14-16(26-17(21)32-14)28-18(27-15)31-9-11-6-5-7-12(22)13(11)23/h5-7,10H,8-9H2,1-4H3,(H,24,29)(H,25,27,28)/t10-/m1/s1. The van der Waals surface area contributed by atoms with Gasteiger partial charge in [0.25, 0.3) is 0 Å². The fraction of sp³-hybridized carbons (Fsp3) is 0.400. The van der Waals surface area contributed by atoms with Gasteiger partial charge in [-0.15, -0.1) is 11.3 Å². The van der Waals surface area contributed by atoms with E-state index >= 15 is 0 Å². The van der Waals surface area contributed by atoms with E-state index < -0.39 is 17.5 Å². The van der Waals surface area contributed by atoms with Crippen LogP contribution in [-0.4, -0.2) is 39.2 Å². The molecule has 1 aromatic carbocycles. The molecular weight excluding hydrogens is 541 g/mol. The van der Waals surface area contributed by atoms with Crippen molar-refractivity contribution in [2.45, 2.75) is 50.2 Å². The molecule has 1 atom stereocenters. The molecule has 32 heavy (non-hydrogen) atoms. The van der Waals surface area contributed by atoms with Gasteiger partial charge in [0, 0.05) is 18.3 Å². The van der Waals surface area contributed by atoms with Crippen molar-refractivity contribution in [2.75, 3.05) is 11.9 Å². The lowest BCUT2D eigenvalue weighted by atomic mass is 10.2. The molecule has 2 heterocycles. The number of aromatic nitrogens is 3. The van der Waals surface area contributed by atoms with E-state index in [9.17, 15) is 9.18 Å². The highest BCUT2D eigenvalue weighted by Crippen LogP contribution is 2.33. The fourth-order valence-corrected chi connectivity index (χ4v) is 4.92. The van der Waals surface area contributed by atoms with Crippen molar-refractivity contribution in [3.05, 3.63) is 38.5 Å². The molecule has 0 bridgehead atoms. The Hall–Kier alpha value is -1.69. The SMILES string of the molecule is C[C@H](CNC(=O)OC(C)(C)C)Nc1nc(SCc2cccc(Cl)c2F)nc2nc(Br)sc12. The number of amides is 1. The molecule has 3 aromatic rings. The number of hydrogen-bond donors (Lipinski definition) is 2. The highest BCUT2D eigenvalue weighted by Gasteiger charge is 2.18. The number of carbonyl (C=O) groups excluding carboxylic acids is 1. The number of nitrogens with zero attached hydrogens (tertiary/aromatic N) is 3. The molecule has 0 aliphatic rings. The minimum absolute atomic E-state index is 0.0802. The number of fused-ring (bicyclic) bond motifs is 1. The molecule has 3 rings (SSSR count). The first-order valence-corrected chi connectivity index (χ1v) is 12.6. The molecule has 0 spiro atoms. The van der Waals surface area contributed by atoms with E-state index in [1.165, 1.54) is 29.2 Å². The summed E-state index contributed by atoms with van der Waals surface area (Å²) in [5, 5.41) is 6.56. The lowest BCUT2D eigenvalue weighted by molar-refractivity contribution is 0.0526. The van der Waals surface area contributed by atoms with E-state index in [4.69, 9.17) is 16.3 Å². The van der Waals surface area contributed by atoms with Crippen LogP contribution in [-0.2, 0) is 10.5 Å². The monoisotopic (exact) mass is 561 g/mol. The molecule has 12 heteroatoms. The van der Waals surface area contributed by atoms with Crippen molar-refractivity contribution in [1.82, 2.24) is 20.3 Å². The molecule has 1 amide bonds. The Balaban J connectivity index is 1.73. The summed E-state index contributed by atoms with van der Waals surface area (Å²) in [5.41, 5.74) is 0.430. The Morgan fingerprint density at radius 3 is 2.81 bits per heavy atom. The molecular formula is C20H22BrClFN5O2S2. The maximum atomic E-state index is 14.2. The first-order chi connectivity index (χ1) is 15.0. The van der Waals surface area contributed by atoms with Crippen molar-refractivity contribution in [1.29, 1.82) is 0 Å². The number of thioether (sulfide) groups is 1. The van der Waals surface area contributed by atoms with E-state index in [0.717, 1.165) is 4.70 Å². The van der Waals surface area contributed by atoms with E-state index in [0.29, 0.717) is 38.4 Å². The zero-order valence-corrected chi connectivity index (χ0v) is 21.8. The molecule has 0 radical (unpaired) electrons. The molecule has 0 saturated heterocycles. The lowest BCUT2D eigenvalue weighted by Crippen LogP contribution is -2.38. The summed E-state index contributed by atoms with van der Waals surface area (Å²) in [5.74, 6) is 0.461. The van der Waals surface area contributed by atoms with Gasteiger partial charge in [-0.25, -0.2) is 24.1 Å². The fourth-order valence-electron chi connectivity index (χ4n) is 2.58. The first kappa shape index (κ1) is 24.9. The Kier molecular flexibility index (Phi) is 8.18. The van der Waals surface area contributed by atoms with E-state index in [-0.39, 0.29) is 11.1 Å². The smallest absolute Gasteiger partial charge is 0.407 e. The van der Waals surface area contributed by atoms with Crippen LogP contribution in [0.25, 0.3) is 10.3 Å². The highest BCUT2D eigenvalue weighted by molar-refractivity contribution is 9.11. The number of hydrogen-bond acceptors (Lipinski definition) is 8. The van der Waals surface area contributed by atoms with Gasteiger partial charge in [-0.2, -0.15) is 0 Å². The van der Waals surface area contributed by atoms with Crippen LogP contribution in [0.1, 0.15) is 33.3 Å². The number of anilines is 1. The highest BCUT2D eigenvalue weighted by atomic mass is 79.9. The van der Waals surface area contributed by atoms with Crippen LogP contribution >= 0.6 is 50.6 Å². The quantitative estimate of drug-likeness (QED) is 0.260. The number of halogens is 3. The van der Waals surface area contributed by atoms with Crippen LogP contribution in [0, 0.1) is 5.82 Å². The number of thiazole rings is 1. The van der Waals surface area contributed by atoms with Gasteiger partial charge in [0.1, 0.15) is 16.1 Å². The summed E-state index contributed by atoms with van der Waals surface area (Å²) in [6.07, 6.45) is -0.487. The molecule has 0 aliphatic carbocycles. The molecule has 0 unspecified atom stereocenters.